The topological polar surface area (TPSA) is 97.4 Å². The zero-order valence-corrected chi connectivity index (χ0v) is 9.25. The molecule has 6 heteroatoms. The normalized spacial score (nSPS) is 9.00. The van der Waals surface area contributed by atoms with Crippen molar-refractivity contribution in [1.82, 2.24) is 9.97 Å². The van der Waals surface area contributed by atoms with Gasteiger partial charge in [-0.15, -0.1) is 0 Å². The molecule has 2 rings (SSSR count). The highest BCUT2D eigenvalue weighted by molar-refractivity contribution is 5.60. The smallest absolute Gasteiger partial charge is 0.182 e. The van der Waals surface area contributed by atoms with Crippen LogP contribution in [0.2, 0.25) is 0 Å². The zero-order valence-electron chi connectivity index (χ0n) is 9.25. The van der Waals surface area contributed by atoms with Gasteiger partial charge in [0.25, 0.3) is 0 Å². The summed E-state index contributed by atoms with van der Waals surface area (Å²) in [7, 11) is 0. The summed E-state index contributed by atoms with van der Waals surface area (Å²) >= 11 is 0. The molecule has 0 saturated heterocycles. The van der Waals surface area contributed by atoms with Gasteiger partial charge in [-0.2, -0.15) is 10.5 Å². The molecule has 0 radical (unpaired) electrons. The molecule has 0 unspecified atom stereocenters. The summed E-state index contributed by atoms with van der Waals surface area (Å²) in [6.07, 6.45) is 3.61. The Bertz CT molecular complexity index is 580. The van der Waals surface area contributed by atoms with Crippen molar-refractivity contribution in [2.75, 3.05) is 10.6 Å². The number of nitriles is 2. The second-order valence-corrected chi connectivity index (χ2v) is 3.29. The minimum atomic E-state index is 0.454. The van der Waals surface area contributed by atoms with Crippen LogP contribution in [0.15, 0.2) is 36.4 Å². The van der Waals surface area contributed by atoms with Gasteiger partial charge >= 0.3 is 0 Å². The lowest BCUT2D eigenvalue weighted by Gasteiger charge is -2.03. The number of nitrogens with zero attached hydrogens (tertiary/aromatic N) is 4. The average molecular weight is 236 g/mol. The number of hydrogen-bond donors (Lipinski definition) is 2. The average Bonchev–Trinajstić information content (AvgIpc) is 2.40. The Hall–Kier alpha value is -3.12. The van der Waals surface area contributed by atoms with E-state index >= 15 is 0 Å². The van der Waals surface area contributed by atoms with Gasteiger partial charge in [0.1, 0.15) is 11.6 Å². The van der Waals surface area contributed by atoms with Crippen molar-refractivity contribution in [2.45, 2.75) is 0 Å². The molecule has 0 saturated carbocycles. The van der Waals surface area contributed by atoms with Crippen LogP contribution in [0, 0.1) is 22.9 Å². The highest BCUT2D eigenvalue weighted by atomic mass is 15.0. The number of anilines is 2. The lowest BCUT2D eigenvalue weighted by molar-refractivity contribution is 1.24. The van der Waals surface area contributed by atoms with Crippen LogP contribution < -0.4 is 10.6 Å². The first kappa shape index (κ1) is 11.4. The maximum absolute atomic E-state index is 8.53. The van der Waals surface area contributed by atoms with Crippen LogP contribution in [0.5, 0.6) is 0 Å². The van der Waals surface area contributed by atoms with E-state index in [2.05, 4.69) is 20.6 Å². The van der Waals surface area contributed by atoms with Gasteiger partial charge in [-0.3, -0.25) is 10.6 Å². The number of rotatable bonds is 3. The van der Waals surface area contributed by atoms with E-state index in [9.17, 15) is 0 Å². The predicted octanol–water partition coefficient (Wildman–Crippen LogP) is 1.93. The van der Waals surface area contributed by atoms with Crippen LogP contribution in [-0.2, 0) is 0 Å². The van der Waals surface area contributed by atoms with Crippen molar-refractivity contribution in [1.29, 1.82) is 10.5 Å². The van der Waals surface area contributed by atoms with Crippen LogP contribution in [-0.4, -0.2) is 9.97 Å². The van der Waals surface area contributed by atoms with Crippen LogP contribution in [0.4, 0.5) is 11.6 Å². The molecule has 2 N–H and O–H groups in total. The fourth-order valence-corrected chi connectivity index (χ4v) is 1.41. The van der Waals surface area contributed by atoms with Crippen molar-refractivity contribution in [3.8, 4) is 23.8 Å². The Morgan fingerprint density at radius 3 is 1.61 bits per heavy atom. The SMILES string of the molecule is N#CNc1cccc(-c2cccc(NC#N)n2)n1. The Labute approximate surface area is 104 Å². The largest absolute Gasteiger partial charge is 0.277 e. The van der Waals surface area contributed by atoms with Crippen LogP contribution in [0.1, 0.15) is 0 Å². The zero-order chi connectivity index (χ0) is 12.8. The van der Waals surface area contributed by atoms with E-state index in [0.717, 1.165) is 0 Å². The summed E-state index contributed by atoms with van der Waals surface area (Å²) in [6.45, 7) is 0. The van der Waals surface area contributed by atoms with Crippen LogP contribution >= 0.6 is 0 Å². The maximum atomic E-state index is 8.53. The molecule has 0 amide bonds. The summed E-state index contributed by atoms with van der Waals surface area (Å²) in [4.78, 5) is 8.45. The molecule has 0 aliphatic carbocycles. The fraction of sp³-hybridized carbons (Fsp3) is 0. The van der Waals surface area contributed by atoms with Crippen LogP contribution in [0.25, 0.3) is 11.4 Å². The van der Waals surface area contributed by atoms with E-state index in [1.54, 1.807) is 48.8 Å². The molecule has 2 heterocycles. The monoisotopic (exact) mass is 236 g/mol. The molecule has 0 fully saturated rings. The molecule has 0 aromatic carbocycles. The van der Waals surface area contributed by atoms with Crippen molar-refractivity contribution < 1.29 is 0 Å². The van der Waals surface area contributed by atoms with Crippen LogP contribution in [0.3, 0.4) is 0 Å². The Morgan fingerprint density at radius 1 is 0.778 bits per heavy atom. The Balaban J connectivity index is 2.36. The minimum absolute atomic E-state index is 0.454. The molecule has 86 valence electrons. The second-order valence-electron chi connectivity index (χ2n) is 3.29. The van der Waals surface area contributed by atoms with E-state index in [-0.39, 0.29) is 0 Å². The summed E-state index contributed by atoms with van der Waals surface area (Å²) in [5, 5.41) is 22.0. The molecule has 0 aliphatic heterocycles. The second kappa shape index (κ2) is 5.28. The highest BCUT2D eigenvalue weighted by Crippen LogP contribution is 2.18. The minimum Gasteiger partial charge on any atom is -0.277 e. The van der Waals surface area contributed by atoms with E-state index in [1.165, 1.54) is 0 Å². The first-order valence-corrected chi connectivity index (χ1v) is 5.08. The van der Waals surface area contributed by atoms with E-state index in [0.29, 0.717) is 23.0 Å². The van der Waals surface area contributed by atoms with Crippen molar-refractivity contribution in [3.05, 3.63) is 36.4 Å². The van der Waals surface area contributed by atoms with Gasteiger partial charge in [-0.1, -0.05) is 12.1 Å². The molecule has 0 spiro atoms. The van der Waals surface area contributed by atoms with E-state index in [1.807, 2.05) is 0 Å². The van der Waals surface area contributed by atoms with Crippen molar-refractivity contribution in [3.63, 3.8) is 0 Å². The molecule has 0 aliphatic rings. The summed E-state index contributed by atoms with van der Waals surface area (Å²) < 4.78 is 0. The molecule has 6 nitrogen and oxygen atoms in total. The summed E-state index contributed by atoms with van der Waals surface area (Å²) in [6, 6.07) is 10.5. The van der Waals surface area contributed by atoms with Crippen molar-refractivity contribution >= 4 is 11.6 Å². The Kier molecular flexibility index (Phi) is 3.34. The third kappa shape index (κ3) is 2.52. The Morgan fingerprint density at radius 2 is 1.22 bits per heavy atom. The highest BCUT2D eigenvalue weighted by Gasteiger charge is 2.03. The molecule has 2 aromatic heterocycles. The van der Waals surface area contributed by atoms with Gasteiger partial charge in [0.2, 0.25) is 0 Å². The van der Waals surface area contributed by atoms with Gasteiger partial charge in [-0.05, 0) is 24.3 Å². The predicted molar refractivity (Wildman–Crippen MR) is 65.9 cm³/mol. The van der Waals surface area contributed by atoms with Gasteiger partial charge in [0, 0.05) is 0 Å². The molecule has 0 bridgehead atoms. The molecular formula is C12H8N6. The van der Waals surface area contributed by atoms with Gasteiger partial charge in [0.05, 0.1) is 11.4 Å². The summed E-state index contributed by atoms with van der Waals surface area (Å²) in [5.74, 6) is 0.908. The third-order valence-corrected chi connectivity index (χ3v) is 2.13. The number of hydrogen-bond acceptors (Lipinski definition) is 6. The fourth-order valence-electron chi connectivity index (χ4n) is 1.41. The molecule has 18 heavy (non-hydrogen) atoms. The van der Waals surface area contributed by atoms with Gasteiger partial charge in [0.15, 0.2) is 12.4 Å². The summed E-state index contributed by atoms with van der Waals surface area (Å²) in [5.41, 5.74) is 1.24. The molecular weight excluding hydrogens is 228 g/mol. The van der Waals surface area contributed by atoms with Crippen molar-refractivity contribution in [2.24, 2.45) is 0 Å². The standard InChI is InChI=1S/C12H8N6/c13-7-15-11-5-1-3-9(17-11)10-4-2-6-12(18-10)16-8-14/h1-6H,(H,15,17)(H,16,18). The number of pyridine rings is 2. The number of aromatic nitrogens is 2. The molecule has 2 aromatic rings. The van der Waals surface area contributed by atoms with E-state index in [4.69, 9.17) is 10.5 Å². The third-order valence-electron chi connectivity index (χ3n) is 2.13. The molecule has 0 atom stereocenters. The number of nitrogens with one attached hydrogen (secondary N) is 2. The van der Waals surface area contributed by atoms with E-state index < -0.39 is 0 Å². The quantitative estimate of drug-likeness (QED) is 0.624. The lowest BCUT2D eigenvalue weighted by atomic mass is 10.2. The lowest BCUT2D eigenvalue weighted by Crippen LogP contribution is -1.96. The first-order valence-electron chi connectivity index (χ1n) is 5.08. The van der Waals surface area contributed by atoms with Gasteiger partial charge in [-0.25, -0.2) is 9.97 Å². The van der Waals surface area contributed by atoms with Gasteiger partial charge < -0.3 is 0 Å². The maximum Gasteiger partial charge on any atom is 0.182 e. The first-order chi connectivity index (χ1) is 8.83.